The summed E-state index contributed by atoms with van der Waals surface area (Å²) in [6, 6.07) is -0.337. The molecule has 118 valence electrons. The number of halogens is 3. The Labute approximate surface area is 120 Å². The van der Waals surface area contributed by atoms with Crippen molar-refractivity contribution in [3.63, 3.8) is 0 Å². The molecule has 0 spiro atoms. The molecule has 1 saturated carbocycles. The predicted molar refractivity (Wildman–Crippen MR) is 68.4 cm³/mol. The van der Waals surface area contributed by atoms with Gasteiger partial charge in [0.1, 0.15) is 0 Å². The van der Waals surface area contributed by atoms with Crippen LogP contribution >= 0.6 is 0 Å². The van der Waals surface area contributed by atoms with Gasteiger partial charge in [-0.3, -0.25) is 4.79 Å². The maximum absolute atomic E-state index is 12.7. The molecule has 0 saturated heterocycles. The number of nitrogens with zero attached hydrogens (tertiary/aromatic N) is 1. The van der Waals surface area contributed by atoms with E-state index >= 15 is 0 Å². The largest absolute Gasteiger partial charge is 0.452 e. The van der Waals surface area contributed by atoms with Crippen molar-refractivity contribution in [1.29, 1.82) is 0 Å². The van der Waals surface area contributed by atoms with Crippen LogP contribution in [0.5, 0.6) is 0 Å². The maximum Gasteiger partial charge on any atom is 0.452 e. The quantitative estimate of drug-likeness (QED) is 0.894. The number of aromatic nitrogens is 1. The first kappa shape index (κ1) is 15.8. The van der Waals surface area contributed by atoms with E-state index in [1.165, 1.54) is 0 Å². The van der Waals surface area contributed by atoms with Gasteiger partial charge < -0.3 is 15.5 Å². The second-order valence-corrected chi connectivity index (χ2v) is 5.24. The van der Waals surface area contributed by atoms with Crippen LogP contribution in [0.3, 0.4) is 0 Å². The van der Waals surface area contributed by atoms with E-state index in [1.54, 1.807) is 0 Å². The number of nitrogens with one attached hydrogen (secondary N) is 1. The summed E-state index contributed by atoms with van der Waals surface area (Å²) in [6.45, 7) is 0.190. The number of hydrogen-bond acceptors (Lipinski definition) is 4. The van der Waals surface area contributed by atoms with E-state index in [9.17, 15) is 18.0 Å². The summed E-state index contributed by atoms with van der Waals surface area (Å²) >= 11 is 0. The highest BCUT2D eigenvalue weighted by atomic mass is 19.4. The molecule has 1 atom stereocenters. The Balaban J connectivity index is 2.07. The third-order valence-electron chi connectivity index (χ3n) is 3.83. The molecule has 1 aromatic rings. The SMILES string of the molecule is NC[C@H](NC(=O)c1ncoc1C(F)(F)F)C1CCCCC1. The molecule has 3 N–H and O–H groups in total. The highest BCUT2D eigenvalue weighted by molar-refractivity contribution is 5.93. The highest BCUT2D eigenvalue weighted by Gasteiger charge is 2.41. The Morgan fingerprint density at radius 1 is 1.43 bits per heavy atom. The summed E-state index contributed by atoms with van der Waals surface area (Å²) in [5, 5.41) is 2.56. The maximum atomic E-state index is 12.7. The molecule has 5 nitrogen and oxygen atoms in total. The molecule has 0 aromatic carbocycles. The molecule has 1 aromatic heterocycles. The first-order valence-corrected chi connectivity index (χ1v) is 6.95. The third kappa shape index (κ3) is 3.75. The zero-order valence-corrected chi connectivity index (χ0v) is 11.4. The summed E-state index contributed by atoms with van der Waals surface area (Å²) < 4.78 is 42.3. The normalized spacial score (nSPS) is 18.5. The van der Waals surface area contributed by atoms with E-state index in [2.05, 4.69) is 14.7 Å². The van der Waals surface area contributed by atoms with E-state index in [0.29, 0.717) is 6.39 Å². The van der Waals surface area contributed by atoms with Gasteiger partial charge in [-0.2, -0.15) is 13.2 Å². The minimum atomic E-state index is -4.74. The second kappa shape index (κ2) is 6.46. The molecular formula is C13H18F3N3O2. The van der Waals surface area contributed by atoms with Crippen molar-refractivity contribution in [3.8, 4) is 0 Å². The summed E-state index contributed by atoms with van der Waals surface area (Å²) in [7, 11) is 0. The van der Waals surface area contributed by atoms with Crippen LogP contribution in [0.1, 0.15) is 48.4 Å². The van der Waals surface area contributed by atoms with E-state index < -0.39 is 23.5 Å². The fraction of sp³-hybridized carbons (Fsp3) is 0.692. The fourth-order valence-corrected chi connectivity index (χ4v) is 2.75. The molecule has 1 aliphatic rings. The lowest BCUT2D eigenvalue weighted by molar-refractivity contribution is -0.153. The van der Waals surface area contributed by atoms with Crippen molar-refractivity contribution in [2.45, 2.75) is 44.3 Å². The lowest BCUT2D eigenvalue weighted by atomic mass is 9.84. The first-order valence-electron chi connectivity index (χ1n) is 6.95. The van der Waals surface area contributed by atoms with Gasteiger partial charge in [0.15, 0.2) is 12.1 Å². The lowest BCUT2D eigenvalue weighted by Crippen LogP contribution is -2.46. The number of amides is 1. The van der Waals surface area contributed by atoms with Crippen LogP contribution in [0, 0.1) is 5.92 Å². The van der Waals surface area contributed by atoms with Crippen LogP contribution < -0.4 is 11.1 Å². The van der Waals surface area contributed by atoms with Crippen molar-refractivity contribution in [2.75, 3.05) is 6.54 Å². The number of nitrogens with two attached hydrogens (primary N) is 1. The summed E-state index contributed by atoms with van der Waals surface area (Å²) in [5.74, 6) is -2.06. The molecule has 8 heteroatoms. The number of alkyl halides is 3. The van der Waals surface area contributed by atoms with Crippen molar-refractivity contribution in [1.82, 2.24) is 10.3 Å². The Hall–Kier alpha value is -1.57. The van der Waals surface area contributed by atoms with Gasteiger partial charge in [-0.1, -0.05) is 19.3 Å². The minimum Gasteiger partial charge on any atom is -0.438 e. The van der Waals surface area contributed by atoms with E-state index in [4.69, 9.17) is 5.73 Å². The van der Waals surface area contributed by atoms with E-state index in [0.717, 1.165) is 32.1 Å². The van der Waals surface area contributed by atoms with Gasteiger partial charge in [-0.05, 0) is 18.8 Å². The summed E-state index contributed by atoms with van der Waals surface area (Å²) in [5.41, 5.74) is 4.91. The number of carbonyl (C=O) groups excluding carboxylic acids is 1. The standard InChI is InChI=1S/C13H18F3N3O2/c14-13(15,16)11-10(18-7-21-11)12(20)19-9(6-17)8-4-2-1-3-5-8/h7-9H,1-6,17H2,(H,19,20)/t9-/m0/s1. The van der Waals surface area contributed by atoms with Crippen molar-refractivity contribution in [3.05, 3.63) is 17.8 Å². The molecule has 1 amide bonds. The molecule has 2 rings (SSSR count). The van der Waals surface area contributed by atoms with Gasteiger partial charge in [0, 0.05) is 12.6 Å². The summed E-state index contributed by atoms with van der Waals surface area (Å²) in [6.07, 6.45) is 0.967. The smallest absolute Gasteiger partial charge is 0.438 e. The third-order valence-corrected chi connectivity index (χ3v) is 3.83. The molecule has 1 fully saturated rings. The van der Waals surface area contributed by atoms with Crippen LogP contribution in [0.25, 0.3) is 0 Å². The molecule has 0 bridgehead atoms. The zero-order valence-electron chi connectivity index (χ0n) is 11.4. The fourth-order valence-electron chi connectivity index (χ4n) is 2.75. The Morgan fingerprint density at radius 3 is 2.67 bits per heavy atom. The zero-order chi connectivity index (χ0) is 15.5. The Bertz CT molecular complexity index is 481. The van der Waals surface area contributed by atoms with Crippen LogP contribution in [0.2, 0.25) is 0 Å². The van der Waals surface area contributed by atoms with Gasteiger partial charge in [-0.15, -0.1) is 0 Å². The molecule has 1 aliphatic carbocycles. The molecule has 0 unspecified atom stereocenters. The van der Waals surface area contributed by atoms with Crippen molar-refractivity contribution >= 4 is 5.91 Å². The van der Waals surface area contributed by atoms with Gasteiger partial charge in [0.25, 0.3) is 5.91 Å². The molecule has 21 heavy (non-hydrogen) atoms. The average Bonchev–Trinajstić information content (AvgIpc) is 2.95. The van der Waals surface area contributed by atoms with Gasteiger partial charge in [0.2, 0.25) is 5.76 Å². The van der Waals surface area contributed by atoms with E-state index in [1.807, 2.05) is 0 Å². The molecule has 0 radical (unpaired) electrons. The van der Waals surface area contributed by atoms with Crippen molar-refractivity contribution < 1.29 is 22.4 Å². The van der Waals surface area contributed by atoms with Gasteiger partial charge >= 0.3 is 6.18 Å². The highest BCUT2D eigenvalue weighted by Crippen LogP contribution is 2.32. The number of oxazole rings is 1. The number of carbonyl (C=O) groups is 1. The Kier molecular flexibility index (Phi) is 4.87. The number of hydrogen-bond donors (Lipinski definition) is 2. The molecule has 0 aliphatic heterocycles. The van der Waals surface area contributed by atoms with Crippen LogP contribution in [0.15, 0.2) is 10.8 Å². The van der Waals surface area contributed by atoms with Crippen LogP contribution in [-0.2, 0) is 6.18 Å². The second-order valence-electron chi connectivity index (χ2n) is 5.24. The predicted octanol–water partition coefficient (Wildman–Crippen LogP) is 2.33. The average molecular weight is 305 g/mol. The molecular weight excluding hydrogens is 287 g/mol. The van der Waals surface area contributed by atoms with E-state index in [-0.39, 0.29) is 18.5 Å². The molecule has 1 heterocycles. The topological polar surface area (TPSA) is 81.1 Å². The number of rotatable bonds is 4. The van der Waals surface area contributed by atoms with Gasteiger partial charge in [-0.25, -0.2) is 4.98 Å². The van der Waals surface area contributed by atoms with Crippen LogP contribution in [0.4, 0.5) is 13.2 Å². The Morgan fingerprint density at radius 2 is 2.10 bits per heavy atom. The van der Waals surface area contributed by atoms with Crippen molar-refractivity contribution in [2.24, 2.45) is 11.7 Å². The lowest BCUT2D eigenvalue weighted by Gasteiger charge is -2.29. The van der Waals surface area contributed by atoms with Crippen LogP contribution in [-0.4, -0.2) is 23.5 Å². The summed E-state index contributed by atoms with van der Waals surface area (Å²) in [4.78, 5) is 15.4. The first-order chi connectivity index (χ1) is 9.93. The monoisotopic (exact) mass is 305 g/mol. The van der Waals surface area contributed by atoms with Gasteiger partial charge in [0.05, 0.1) is 0 Å². The minimum absolute atomic E-state index is 0.190.